The van der Waals surface area contributed by atoms with E-state index in [9.17, 15) is 9.59 Å². The summed E-state index contributed by atoms with van der Waals surface area (Å²) in [5, 5.41) is 4.48. The van der Waals surface area contributed by atoms with Gasteiger partial charge in [0.25, 0.3) is 0 Å². The molecule has 1 saturated heterocycles. The number of hydrogen-bond acceptors (Lipinski definition) is 2. The Kier molecular flexibility index (Phi) is 3.19. The maximum absolute atomic E-state index is 11.8. The van der Waals surface area contributed by atoms with Crippen LogP contribution in [0.15, 0.2) is 40.9 Å². The van der Waals surface area contributed by atoms with E-state index in [2.05, 4.69) is 37.2 Å². The van der Waals surface area contributed by atoms with Crippen LogP contribution in [0.2, 0.25) is 0 Å². The van der Waals surface area contributed by atoms with Crippen LogP contribution < -0.4 is 5.32 Å². The van der Waals surface area contributed by atoms with Gasteiger partial charge in [-0.3, -0.25) is 14.9 Å². The van der Waals surface area contributed by atoms with Gasteiger partial charge in [0.15, 0.2) is 0 Å². The van der Waals surface area contributed by atoms with E-state index in [1.54, 1.807) is 0 Å². The fraction of sp³-hybridized carbons (Fsp3) is 0.143. The second-order valence-electron chi connectivity index (χ2n) is 4.48. The van der Waals surface area contributed by atoms with Crippen LogP contribution in [-0.2, 0) is 9.59 Å². The quantitative estimate of drug-likeness (QED) is 0.608. The van der Waals surface area contributed by atoms with Crippen LogP contribution in [0.4, 0.5) is 0 Å². The van der Waals surface area contributed by atoms with Crippen molar-refractivity contribution in [1.29, 1.82) is 0 Å². The summed E-state index contributed by atoms with van der Waals surface area (Å²) in [6.45, 7) is 0. The zero-order valence-corrected chi connectivity index (χ0v) is 12.9. The van der Waals surface area contributed by atoms with Gasteiger partial charge in [-0.05, 0) is 28.5 Å². The predicted octanol–water partition coefficient (Wildman–Crippen LogP) is 3.11. The van der Waals surface area contributed by atoms with E-state index in [0.717, 1.165) is 20.8 Å². The van der Waals surface area contributed by atoms with Gasteiger partial charge in [0.1, 0.15) is 4.83 Å². The van der Waals surface area contributed by atoms with E-state index in [1.165, 1.54) is 0 Å². The predicted molar refractivity (Wildman–Crippen MR) is 80.3 cm³/mol. The molecule has 2 aromatic carbocycles. The van der Waals surface area contributed by atoms with Gasteiger partial charge >= 0.3 is 0 Å². The van der Waals surface area contributed by atoms with Crippen molar-refractivity contribution in [3.05, 3.63) is 46.4 Å². The van der Waals surface area contributed by atoms with Gasteiger partial charge in [0.05, 0.1) is 5.92 Å². The first-order chi connectivity index (χ1) is 9.06. The maximum atomic E-state index is 11.8. The summed E-state index contributed by atoms with van der Waals surface area (Å²) < 4.78 is 1.01. The van der Waals surface area contributed by atoms with Gasteiger partial charge in [-0.1, -0.05) is 56.1 Å². The summed E-state index contributed by atoms with van der Waals surface area (Å²) in [5.41, 5.74) is 0.847. The molecule has 3 rings (SSSR count). The molecule has 1 heterocycles. The minimum Gasteiger partial charge on any atom is -0.295 e. The number of halogens is 2. The van der Waals surface area contributed by atoms with Crippen molar-refractivity contribution in [2.24, 2.45) is 0 Å². The fourth-order valence-electron chi connectivity index (χ4n) is 2.30. The van der Waals surface area contributed by atoms with Crippen LogP contribution in [0.3, 0.4) is 0 Å². The summed E-state index contributed by atoms with van der Waals surface area (Å²) in [6, 6.07) is 11.8. The number of carbonyl (C=O) groups excluding carboxylic acids is 2. The average Bonchev–Trinajstić information content (AvgIpc) is 2.63. The molecule has 2 aromatic rings. The molecule has 0 bridgehead atoms. The van der Waals surface area contributed by atoms with Crippen LogP contribution in [0.5, 0.6) is 0 Å². The van der Waals surface area contributed by atoms with Crippen LogP contribution in [0, 0.1) is 0 Å². The Morgan fingerprint density at radius 2 is 1.63 bits per heavy atom. The van der Waals surface area contributed by atoms with Crippen LogP contribution in [0.1, 0.15) is 11.5 Å². The van der Waals surface area contributed by atoms with Crippen LogP contribution >= 0.6 is 31.9 Å². The zero-order chi connectivity index (χ0) is 13.6. The molecule has 0 radical (unpaired) electrons. The topological polar surface area (TPSA) is 46.2 Å². The molecule has 1 fully saturated rings. The van der Waals surface area contributed by atoms with E-state index >= 15 is 0 Å². The minimum absolute atomic E-state index is 0.247. The number of fused-ring (bicyclic) bond motifs is 1. The summed E-state index contributed by atoms with van der Waals surface area (Å²) >= 11 is 6.71. The zero-order valence-electron chi connectivity index (χ0n) is 9.69. The number of amides is 2. The highest BCUT2D eigenvalue weighted by Crippen LogP contribution is 2.32. The Morgan fingerprint density at radius 3 is 2.32 bits per heavy atom. The normalized spacial score (nSPS) is 22.8. The fourth-order valence-corrected chi connectivity index (χ4v) is 3.34. The van der Waals surface area contributed by atoms with Gasteiger partial charge in [-0.15, -0.1) is 0 Å². The van der Waals surface area contributed by atoms with Crippen molar-refractivity contribution < 1.29 is 9.59 Å². The molecular formula is C14H9Br2NO2. The monoisotopic (exact) mass is 381 g/mol. The van der Waals surface area contributed by atoms with Crippen molar-refractivity contribution in [2.45, 2.75) is 10.7 Å². The smallest absolute Gasteiger partial charge is 0.241 e. The molecular weight excluding hydrogens is 374 g/mol. The molecule has 0 aromatic heterocycles. The van der Waals surface area contributed by atoms with E-state index in [0.29, 0.717) is 0 Å². The van der Waals surface area contributed by atoms with Crippen LogP contribution in [0.25, 0.3) is 10.8 Å². The SMILES string of the molecule is O=C1NC(=O)C(c2ccc3cc(Br)ccc3c2)C1Br. The Morgan fingerprint density at radius 1 is 0.947 bits per heavy atom. The second kappa shape index (κ2) is 4.72. The Hall–Kier alpha value is -1.20. The summed E-state index contributed by atoms with van der Waals surface area (Å²) in [4.78, 5) is 22.8. The molecule has 2 amide bonds. The first kappa shape index (κ1) is 12.8. The molecule has 3 nitrogen and oxygen atoms in total. The van der Waals surface area contributed by atoms with Gasteiger partial charge in [-0.25, -0.2) is 0 Å². The van der Waals surface area contributed by atoms with Crippen molar-refractivity contribution in [1.82, 2.24) is 5.32 Å². The first-order valence-electron chi connectivity index (χ1n) is 5.74. The summed E-state index contributed by atoms with van der Waals surface area (Å²) in [6.07, 6.45) is 0. The molecule has 1 N–H and O–H groups in total. The van der Waals surface area contributed by atoms with E-state index in [1.807, 2.05) is 36.4 Å². The van der Waals surface area contributed by atoms with Crippen LogP contribution in [-0.4, -0.2) is 16.6 Å². The number of alkyl halides is 1. The van der Waals surface area contributed by atoms with Crippen molar-refractivity contribution in [3.63, 3.8) is 0 Å². The number of benzene rings is 2. The first-order valence-corrected chi connectivity index (χ1v) is 7.45. The summed E-state index contributed by atoms with van der Waals surface area (Å²) in [5.74, 6) is -0.977. The molecule has 96 valence electrons. The lowest BCUT2D eigenvalue weighted by Crippen LogP contribution is -2.22. The number of imide groups is 1. The second-order valence-corrected chi connectivity index (χ2v) is 6.39. The maximum Gasteiger partial charge on any atom is 0.241 e. The third-order valence-electron chi connectivity index (χ3n) is 3.26. The largest absolute Gasteiger partial charge is 0.295 e. The van der Waals surface area contributed by atoms with E-state index in [-0.39, 0.29) is 11.8 Å². The molecule has 0 aliphatic carbocycles. The van der Waals surface area contributed by atoms with E-state index in [4.69, 9.17) is 0 Å². The summed E-state index contributed by atoms with van der Waals surface area (Å²) in [7, 11) is 0. The molecule has 1 aliphatic heterocycles. The lowest BCUT2D eigenvalue weighted by Gasteiger charge is -2.11. The number of nitrogens with one attached hydrogen (secondary N) is 1. The average molecular weight is 383 g/mol. The third-order valence-corrected chi connectivity index (χ3v) is 4.70. The van der Waals surface area contributed by atoms with Gasteiger partial charge in [0, 0.05) is 4.47 Å². The third kappa shape index (κ3) is 2.21. The van der Waals surface area contributed by atoms with Gasteiger partial charge in [-0.2, -0.15) is 0 Å². The molecule has 1 aliphatic rings. The Bertz CT molecular complexity index is 699. The van der Waals surface area contributed by atoms with Crippen molar-refractivity contribution in [2.75, 3.05) is 0 Å². The Balaban J connectivity index is 2.09. The van der Waals surface area contributed by atoms with Gasteiger partial charge < -0.3 is 0 Å². The number of rotatable bonds is 1. The molecule has 0 spiro atoms. The standard InChI is InChI=1S/C14H9Br2NO2/c15-10-4-3-7-5-9(2-1-8(7)6-10)11-12(16)14(19)17-13(11)18/h1-6,11-12H,(H,17,18,19). The highest BCUT2D eigenvalue weighted by molar-refractivity contribution is 9.10. The molecule has 2 unspecified atom stereocenters. The highest BCUT2D eigenvalue weighted by Gasteiger charge is 2.40. The van der Waals surface area contributed by atoms with Crippen molar-refractivity contribution >= 4 is 54.4 Å². The van der Waals surface area contributed by atoms with Gasteiger partial charge in [0.2, 0.25) is 11.8 Å². The van der Waals surface area contributed by atoms with Crippen molar-refractivity contribution in [3.8, 4) is 0 Å². The Labute approximate surface area is 126 Å². The molecule has 0 saturated carbocycles. The number of carbonyl (C=O) groups is 2. The molecule has 19 heavy (non-hydrogen) atoms. The lowest BCUT2D eigenvalue weighted by atomic mass is 9.95. The molecule has 5 heteroatoms. The molecule has 2 atom stereocenters. The number of hydrogen-bond donors (Lipinski definition) is 1. The van der Waals surface area contributed by atoms with E-state index < -0.39 is 10.7 Å². The minimum atomic E-state index is -0.493. The lowest BCUT2D eigenvalue weighted by molar-refractivity contribution is -0.125. The highest BCUT2D eigenvalue weighted by atomic mass is 79.9.